The van der Waals surface area contributed by atoms with Gasteiger partial charge in [0.1, 0.15) is 6.54 Å². The molecule has 0 aliphatic carbocycles. The number of hydrogen-bond acceptors (Lipinski definition) is 6. The van der Waals surface area contributed by atoms with Crippen molar-refractivity contribution in [3.05, 3.63) is 83.4 Å². The van der Waals surface area contributed by atoms with Gasteiger partial charge in [-0.15, -0.1) is 0 Å². The third-order valence-corrected chi connectivity index (χ3v) is 7.08. The van der Waals surface area contributed by atoms with Gasteiger partial charge in [-0.25, -0.2) is 13.2 Å². The third-order valence-electron chi connectivity index (χ3n) is 5.22. The normalized spacial score (nSPS) is 14.0. The van der Waals surface area contributed by atoms with Gasteiger partial charge in [-0.3, -0.25) is 14.5 Å². The number of nitrogens with one attached hydrogen (secondary N) is 1. The highest BCUT2D eigenvalue weighted by Gasteiger charge is 2.36. The molecule has 3 aromatic carbocycles. The van der Waals surface area contributed by atoms with Crippen LogP contribution in [0.4, 0.5) is 11.4 Å². The van der Waals surface area contributed by atoms with Crippen molar-refractivity contribution in [2.75, 3.05) is 23.9 Å². The van der Waals surface area contributed by atoms with E-state index < -0.39 is 34.2 Å². The minimum Gasteiger partial charge on any atom is -0.465 e. The van der Waals surface area contributed by atoms with Gasteiger partial charge in [0.15, 0.2) is 0 Å². The molecule has 0 aromatic heterocycles. The number of esters is 1. The first-order chi connectivity index (χ1) is 15.7. The number of ether oxygens (including phenoxy) is 1. The highest BCUT2D eigenvalue weighted by Crippen LogP contribution is 2.37. The van der Waals surface area contributed by atoms with Crippen molar-refractivity contribution < 1.29 is 27.5 Å². The minimum atomic E-state index is -4.10. The average molecular weight is 464 g/mol. The first-order valence-corrected chi connectivity index (χ1v) is 11.5. The van der Waals surface area contributed by atoms with Gasteiger partial charge in [-0.05, 0) is 55.0 Å². The Balaban J connectivity index is 1.83. The number of carbonyl (C=O) groups is 3. The van der Waals surface area contributed by atoms with Crippen LogP contribution in [-0.4, -0.2) is 39.9 Å². The van der Waals surface area contributed by atoms with Crippen LogP contribution >= 0.6 is 0 Å². The maximum absolute atomic E-state index is 13.4. The molecule has 1 aliphatic heterocycles. The first-order valence-electron chi connectivity index (χ1n) is 9.97. The fourth-order valence-corrected chi connectivity index (χ4v) is 5.31. The standard InChI is InChI=1S/C24H20N2O6S/c1-15-6-5-7-17(12-15)25-22(27)14-26-19-13-16(24(29)32-2)10-11-21(19)33(30,31)20-9-4-3-8-18(20)23(26)28/h3-13H,14H2,1-2H3,(H,25,27). The van der Waals surface area contributed by atoms with Crippen molar-refractivity contribution in [1.82, 2.24) is 0 Å². The molecular formula is C24H20N2O6S. The molecule has 0 bridgehead atoms. The van der Waals surface area contributed by atoms with E-state index in [-0.39, 0.29) is 26.6 Å². The van der Waals surface area contributed by atoms with Crippen LogP contribution in [0.5, 0.6) is 0 Å². The van der Waals surface area contributed by atoms with Gasteiger partial charge in [-0.2, -0.15) is 0 Å². The number of aryl methyl sites for hydroxylation is 1. The van der Waals surface area contributed by atoms with Crippen LogP contribution in [0.3, 0.4) is 0 Å². The van der Waals surface area contributed by atoms with Gasteiger partial charge >= 0.3 is 5.97 Å². The predicted molar refractivity (Wildman–Crippen MR) is 121 cm³/mol. The molecule has 0 saturated heterocycles. The molecule has 1 N–H and O–H groups in total. The molecule has 0 spiro atoms. The number of rotatable bonds is 4. The van der Waals surface area contributed by atoms with Gasteiger partial charge in [0.2, 0.25) is 15.7 Å². The molecule has 1 aliphatic rings. The number of anilines is 2. The van der Waals surface area contributed by atoms with Crippen LogP contribution in [-0.2, 0) is 19.4 Å². The number of fused-ring (bicyclic) bond motifs is 2. The number of hydrogen-bond donors (Lipinski definition) is 1. The lowest BCUT2D eigenvalue weighted by Crippen LogP contribution is -2.38. The van der Waals surface area contributed by atoms with Gasteiger partial charge in [-0.1, -0.05) is 24.3 Å². The number of benzene rings is 3. The molecule has 8 nitrogen and oxygen atoms in total. The molecule has 2 amide bonds. The van der Waals surface area contributed by atoms with Crippen molar-refractivity contribution in [3.63, 3.8) is 0 Å². The van der Waals surface area contributed by atoms with Crippen molar-refractivity contribution in [2.45, 2.75) is 16.7 Å². The van der Waals surface area contributed by atoms with Crippen LogP contribution < -0.4 is 10.2 Å². The Labute approximate surface area is 190 Å². The maximum atomic E-state index is 13.4. The minimum absolute atomic E-state index is 0.0503. The van der Waals surface area contributed by atoms with Crippen LogP contribution in [0.15, 0.2) is 76.5 Å². The predicted octanol–water partition coefficient (Wildman–Crippen LogP) is 3.21. The molecule has 0 atom stereocenters. The first kappa shape index (κ1) is 22.2. The summed E-state index contributed by atoms with van der Waals surface area (Å²) in [7, 11) is -2.91. The van der Waals surface area contributed by atoms with E-state index in [1.54, 1.807) is 24.3 Å². The van der Waals surface area contributed by atoms with Gasteiger partial charge < -0.3 is 10.1 Å². The van der Waals surface area contributed by atoms with Crippen molar-refractivity contribution >= 4 is 39.0 Å². The second-order valence-electron chi connectivity index (χ2n) is 7.48. The summed E-state index contributed by atoms with van der Waals surface area (Å²) in [5.41, 5.74) is 1.40. The Morgan fingerprint density at radius 2 is 1.73 bits per heavy atom. The maximum Gasteiger partial charge on any atom is 0.337 e. The topological polar surface area (TPSA) is 110 Å². The largest absolute Gasteiger partial charge is 0.465 e. The second kappa shape index (κ2) is 8.51. The number of carbonyl (C=O) groups excluding carboxylic acids is 3. The summed E-state index contributed by atoms with van der Waals surface area (Å²) in [5.74, 6) is -1.90. The summed E-state index contributed by atoms with van der Waals surface area (Å²) in [4.78, 5) is 39.1. The lowest BCUT2D eigenvalue weighted by Gasteiger charge is -2.23. The third kappa shape index (κ3) is 4.10. The molecule has 168 valence electrons. The highest BCUT2D eigenvalue weighted by atomic mass is 32.2. The van der Waals surface area contributed by atoms with E-state index in [0.29, 0.717) is 5.69 Å². The number of sulfone groups is 1. The zero-order valence-electron chi connectivity index (χ0n) is 17.9. The molecule has 0 unspecified atom stereocenters. The summed E-state index contributed by atoms with van der Waals surface area (Å²) >= 11 is 0. The zero-order chi connectivity index (χ0) is 23.8. The lowest BCUT2D eigenvalue weighted by molar-refractivity contribution is -0.114. The van der Waals surface area contributed by atoms with E-state index in [9.17, 15) is 22.8 Å². The van der Waals surface area contributed by atoms with Gasteiger partial charge in [0.25, 0.3) is 5.91 Å². The van der Waals surface area contributed by atoms with Crippen LogP contribution in [0, 0.1) is 6.92 Å². The quantitative estimate of drug-likeness (QED) is 0.594. The Morgan fingerprint density at radius 1 is 0.970 bits per heavy atom. The SMILES string of the molecule is COC(=O)c1ccc2c(c1)N(CC(=O)Nc1cccc(C)c1)C(=O)c1ccccc1S2(=O)=O. The van der Waals surface area contributed by atoms with Crippen molar-refractivity contribution in [2.24, 2.45) is 0 Å². The zero-order valence-corrected chi connectivity index (χ0v) is 18.7. The molecular weight excluding hydrogens is 444 g/mol. The van der Waals surface area contributed by atoms with Gasteiger partial charge in [0, 0.05) is 5.69 Å². The monoisotopic (exact) mass is 464 g/mol. The second-order valence-corrected chi connectivity index (χ2v) is 9.37. The summed E-state index contributed by atoms with van der Waals surface area (Å²) in [6.07, 6.45) is 0. The fraction of sp³-hybridized carbons (Fsp3) is 0.125. The summed E-state index contributed by atoms with van der Waals surface area (Å²) in [6, 6.07) is 16.8. The molecule has 1 heterocycles. The van der Waals surface area contributed by atoms with E-state index in [0.717, 1.165) is 10.5 Å². The van der Waals surface area contributed by atoms with Crippen molar-refractivity contribution in [3.8, 4) is 0 Å². The highest BCUT2D eigenvalue weighted by molar-refractivity contribution is 7.91. The Kier molecular flexibility index (Phi) is 5.73. The fourth-order valence-electron chi connectivity index (χ4n) is 3.68. The summed E-state index contributed by atoms with van der Waals surface area (Å²) in [5, 5.41) is 2.72. The number of amides is 2. The molecule has 33 heavy (non-hydrogen) atoms. The van der Waals surface area contributed by atoms with Crippen molar-refractivity contribution in [1.29, 1.82) is 0 Å². The number of nitrogens with zero attached hydrogens (tertiary/aromatic N) is 1. The molecule has 0 fully saturated rings. The Hall–Kier alpha value is -3.98. The van der Waals surface area contributed by atoms with Gasteiger partial charge in [0.05, 0.1) is 33.7 Å². The van der Waals surface area contributed by atoms with Crippen LogP contribution in [0.2, 0.25) is 0 Å². The van der Waals surface area contributed by atoms with E-state index in [1.165, 1.54) is 43.5 Å². The molecule has 0 radical (unpaired) electrons. The van der Waals surface area contributed by atoms with Crippen LogP contribution in [0.25, 0.3) is 0 Å². The average Bonchev–Trinajstić information content (AvgIpc) is 2.86. The molecule has 9 heteroatoms. The lowest BCUT2D eigenvalue weighted by atomic mass is 10.1. The van der Waals surface area contributed by atoms with E-state index >= 15 is 0 Å². The molecule has 3 aromatic rings. The van der Waals surface area contributed by atoms with E-state index in [4.69, 9.17) is 4.74 Å². The Bertz CT molecular complexity index is 1400. The number of methoxy groups -OCH3 is 1. The Morgan fingerprint density at radius 3 is 2.45 bits per heavy atom. The van der Waals surface area contributed by atoms with Crippen LogP contribution in [0.1, 0.15) is 26.3 Å². The molecule has 4 rings (SSSR count). The summed E-state index contributed by atoms with van der Waals surface area (Å²) < 4.78 is 31.5. The molecule has 0 saturated carbocycles. The summed E-state index contributed by atoms with van der Waals surface area (Å²) in [6.45, 7) is 1.41. The smallest absolute Gasteiger partial charge is 0.337 e. The van der Waals surface area contributed by atoms with E-state index in [1.807, 2.05) is 13.0 Å². The van der Waals surface area contributed by atoms with E-state index in [2.05, 4.69) is 5.32 Å².